The van der Waals surface area contributed by atoms with Crippen molar-refractivity contribution in [3.8, 4) is 0 Å². The first kappa shape index (κ1) is 16.2. The van der Waals surface area contributed by atoms with Crippen LogP contribution in [0.4, 0.5) is 5.69 Å². The minimum absolute atomic E-state index is 0.162. The molecule has 1 aliphatic rings. The summed E-state index contributed by atoms with van der Waals surface area (Å²) in [7, 11) is -3.28. The van der Waals surface area contributed by atoms with E-state index in [9.17, 15) is 13.5 Å². The summed E-state index contributed by atoms with van der Waals surface area (Å²) in [6.07, 6.45) is -1.00. The van der Waals surface area contributed by atoms with Gasteiger partial charge < -0.3 is 20.4 Å². The number of nitrogens with zero attached hydrogens (tertiary/aromatic N) is 1. The molecule has 0 saturated carbocycles. The van der Waals surface area contributed by atoms with E-state index in [1.165, 1.54) is 4.90 Å². The molecule has 21 heavy (non-hydrogen) atoms. The maximum absolute atomic E-state index is 11.6. The van der Waals surface area contributed by atoms with Gasteiger partial charge in [-0.1, -0.05) is 18.2 Å². The van der Waals surface area contributed by atoms with E-state index in [4.69, 9.17) is 17.3 Å². The molecule has 0 unspecified atom stereocenters. The highest BCUT2D eigenvalue weighted by Gasteiger charge is 2.40. The first-order chi connectivity index (χ1) is 9.93. The second-order valence-electron chi connectivity index (χ2n) is 4.92. The molecule has 1 aromatic rings. The summed E-state index contributed by atoms with van der Waals surface area (Å²) in [6, 6.07) is 8.57. The third-order valence-corrected chi connectivity index (χ3v) is 5.36. The predicted octanol–water partition coefficient (Wildman–Crippen LogP) is -0.164. The molecule has 0 amide bonds. The van der Waals surface area contributed by atoms with Gasteiger partial charge in [-0.05, 0) is 24.4 Å². The van der Waals surface area contributed by atoms with Crippen LogP contribution in [0.3, 0.4) is 0 Å². The number of aliphatic hydroxyl groups excluding tert-OH is 2. The lowest BCUT2D eigenvalue weighted by atomic mass is 10.2. The van der Waals surface area contributed by atoms with Gasteiger partial charge in [0.25, 0.3) is 0 Å². The third kappa shape index (κ3) is 4.13. The van der Waals surface area contributed by atoms with Crippen molar-refractivity contribution in [3.63, 3.8) is 0 Å². The Morgan fingerprint density at radius 3 is 2.52 bits per heavy atom. The monoisotopic (exact) mass is 330 g/mol. The predicted molar refractivity (Wildman–Crippen MR) is 84.9 cm³/mol. The fourth-order valence-electron chi connectivity index (χ4n) is 2.35. The molecule has 2 rings (SSSR count). The Kier molecular flexibility index (Phi) is 5.15. The fraction of sp³-hybridized carbons (Fsp3) is 0.462. The van der Waals surface area contributed by atoms with Crippen molar-refractivity contribution < 1.29 is 18.6 Å². The second kappa shape index (κ2) is 6.69. The van der Waals surface area contributed by atoms with Crippen LogP contribution in [0.25, 0.3) is 0 Å². The van der Waals surface area contributed by atoms with Crippen LogP contribution in [-0.4, -0.2) is 65.4 Å². The SMILES string of the molecule is O=S1(=O)C[C@@H](O)[C@@H](N(CCO)C(=S)Nc2ccccc2)C1. The number of thiocarbonyl (C=S) groups is 1. The van der Waals surface area contributed by atoms with Gasteiger partial charge in [0.05, 0.1) is 30.3 Å². The first-order valence-corrected chi connectivity index (χ1v) is 8.78. The quantitative estimate of drug-likeness (QED) is 0.661. The van der Waals surface area contributed by atoms with Crippen LogP contribution >= 0.6 is 12.2 Å². The number of benzene rings is 1. The minimum Gasteiger partial charge on any atom is -0.395 e. The lowest BCUT2D eigenvalue weighted by Gasteiger charge is -2.32. The van der Waals surface area contributed by atoms with Crippen LogP contribution in [0.2, 0.25) is 0 Å². The zero-order chi connectivity index (χ0) is 15.5. The molecule has 116 valence electrons. The van der Waals surface area contributed by atoms with Gasteiger partial charge in [0, 0.05) is 12.2 Å². The molecule has 0 spiro atoms. The van der Waals surface area contributed by atoms with Gasteiger partial charge in [0.2, 0.25) is 0 Å². The number of hydrogen-bond donors (Lipinski definition) is 3. The highest BCUT2D eigenvalue weighted by Crippen LogP contribution is 2.20. The van der Waals surface area contributed by atoms with E-state index in [1.54, 1.807) is 0 Å². The summed E-state index contributed by atoms with van der Waals surface area (Å²) in [5.41, 5.74) is 0.765. The highest BCUT2D eigenvalue weighted by atomic mass is 32.2. The zero-order valence-electron chi connectivity index (χ0n) is 11.3. The van der Waals surface area contributed by atoms with Gasteiger partial charge >= 0.3 is 0 Å². The maximum Gasteiger partial charge on any atom is 0.173 e. The number of hydrogen-bond acceptors (Lipinski definition) is 5. The van der Waals surface area contributed by atoms with Crippen LogP contribution in [0, 0.1) is 0 Å². The van der Waals surface area contributed by atoms with Gasteiger partial charge in [-0.3, -0.25) is 0 Å². The summed E-state index contributed by atoms with van der Waals surface area (Å²) in [6.45, 7) is -0.0181. The Balaban J connectivity index is 2.13. The number of para-hydroxylation sites is 1. The summed E-state index contributed by atoms with van der Waals surface area (Å²) >= 11 is 5.29. The van der Waals surface area contributed by atoms with Crippen molar-refractivity contribution in [2.75, 3.05) is 30.0 Å². The van der Waals surface area contributed by atoms with Crippen LogP contribution in [-0.2, 0) is 9.84 Å². The highest BCUT2D eigenvalue weighted by molar-refractivity contribution is 7.91. The molecule has 8 heteroatoms. The summed E-state index contributed by atoms with van der Waals surface area (Å²) in [4.78, 5) is 1.54. The van der Waals surface area contributed by atoms with E-state index < -0.39 is 22.0 Å². The normalized spacial score (nSPS) is 23.7. The lowest BCUT2D eigenvalue weighted by Crippen LogP contribution is -2.49. The topological polar surface area (TPSA) is 89.9 Å². The third-order valence-electron chi connectivity index (χ3n) is 3.32. The molecule has 1 aromatic carbocycles. The molecule has 1 heterocycles. The maximum atomic E-state index is 11.6. The van der Waals surface area contributed by atoms with E-state index in [0.717, 1.165) is 5.69 Å². The van der Waals surface area contributed by atoms with Crippen molar-refractivity contribution in [2.45, 2.75) is 12.1 Å². The molecule has 0 bridgehead atoms. The summed E-state index contributed by atoms with van der Waals surface area (Å²) in [5, 5.41) is 22.4. The van der Waals surface area contributed by atoms with Crippen molar-refractivity contribution in [2.24, 2.45) is 0 Å². The second-order valence-corrected chi connectivity index (χ2v) is 7.47. The average Bonchev–Trinajstić information content (AvgIpc) is 2.70. The number of anilines is 1. The van der Waals surface area contributed by atoms with Crippen molar-refractivity contribution in [1.29, 1.82) is 0 Å². The Bertz CT molecular complexity index is 591. The van der Waals surface area contributed by atoms with Crippen molar-refractivity contribution >= 4 is 32.9 Å². The first-order valence-electron chi connectivity index (χ1n) is 6.55. The van der Waals surface area contributed by atoms with Crippen LogP contribution in [0.15, 0.2) is 30.3 Å². The van der Waals surface area contributed by atoms with Gasteiger partial charge in [0.1, 0.15) is 0 Å². The average molecular weight is 330 g/mol. The largest absolute Gasteiger partial charge is 0.395 e. The van der Waals surface area contributed by atoms with Gasteiger partial charge in [-0.2, -0.15) is 0 Å². The number of aliphatic hydroxyl groups is 2. The number of sulfone groups is 1. The molecule has 0 radical (unpaired) electrons. The molecule has 1 aliphatic heterocycles. The summed E-state index contributed by atoms with van der Waals surface area (Å²) < 4.78 is 23.3. The standard InChI is InChI=1S/C13H18N2O4S2/c16-7-6-15(11-8-21(18,19)9-12(11)17)13(20)14-10-4-2-1-3-5-10/h1-5,11-12,16-17H,6-9H2,(H,14,20)/t11-,12+/m0/s1. The van der Waals surface area contributed by atoms with Crippen LogP contribution < -0.4 is 5.32 Å². The molecule has 6 nitrogen and oxygen atoms in total. The fourth-order valence-corrected chi connectivity index (χ4v) is 4.50. The van der Waals surface area contributed by atoms with E-state index in [2.05, 4.69) is 5.32 Å². The van der Waals surface area contributed by atoms with Gasteiger partial charge in [0.15, 0.2) is 14.9 Å². The number of nitrogens with one attached hydrogen (secondary N) is 1. The zero-order valence-corrected chi connectivity index (χ0v) is 13.0. The van der Waals surface area contributed by atoms with Gasteiger partial charge in [-0.15, -0.1) is 0 Å². The Morgan fingerprint density at radius 1 is 1.33 bits per heavy atom. The molecular formula is C13H18N2O4S2. The van der Waals surface area contributed by atoms with Crippen LogP contribution in [0.5, 0.6) is 0 Å². The Labute approximate surface area is 129 Å². The van der Waals surface area contributed by atoms with E-state index in [0.29, 0.717) is 0 Å². The lowest BCUT2D eigenvalue weighted by molar-refractivity contribution is 0.113. The van der Waals surface area contributed by atoms with Crippen molar-refractivity contribution in [3.05, 3.63) is 30.3 Å². The molecule has 1 fully saturated rings. The smallest absolute Gasteiger partial charge is 0.173 e. The molecule has 3 N–H and O–H groups in total. The molecular weight excluding hydrogens is 312 g/mol. The Morgan fingerprint density at radius 2 is 2.00 bits per heavy atom. The van der Waals surface area contributed by atoms with Crippen molar-refractivity contribution in [1.82, 2.24) is 4.90 Å². The Hall–Kier alpha value is -1.22. The van der Waals surface area contributed by atoms with Gasteiger partial charge in [-0.25, -0.2) is 8.42 Å². The molecule has 0 aliphatic carbocycles. The van der Waals surface area contributed by atoms with E-state index in [-0.39, 0.29) is 29.8 Å². The van der Waals surface area contributed by atoms with Crippen LogP contribution in [0.1, 0.15) is 0 Å². The van der Waals surface area contributed by atoms with E-state index >= 15 is 0 Å². The molecule has 0 aromatic heterocycles. The minimum atomic E-state index is -3.28. The van der Waals surface area contributed by atoms with E-state index in [1.807, 2.05) is 30.3 Å². The number of rotatable bonds is 4. The molecule has 1 saturated heterocycles. The summed E-state index contributed by atoms with van der Waals surface area (Å²) in [5.74, 6) is -0.432. The molecule has 2 atom stereocenters.